The average Bonchev–Trinajstić information content (AvgIpc) is 4.06. The molecule has 0 amide bonds. The minimum absolute atomic E-state index is 0.0424. The Morgan fingerprint density at radius 1 is 1.01 bits per heavy atom. The molecule has 4 aromatic rings. The zero-order valence-electron chi connectivity index (χ0n) is 40.0. The van der Waals surface area contributed by atoms with Gasteiger partial charge in [0.2, 0.25) is 0 Å². The van der Waals surface area contributed by atoms with E-state index in [2.05, 4.69) is 89.3 Å². The molecule has 11 heteroatoms. The summed E-state index contributed by atoms with van der Waals surface area (Å²) >= 11 is 0. The molecule has 0 radical (unpaired) electrons. The highest BCUT2D eigenvalue weighted by molar-refractivity contribution is 5.84. The van der Waals surface area contributed by atoms with Crippen LogP contribution < -0.4 is 35.9 Å². The maximum absolute atomic E-state index is 12.8. The molecule has 2 saturated carbocycles. The van der Waals surface area contributed by atoms with Gasteiger partial charge in [-0.25, -0.2) is 0 Å². The fourth-order valence-corrected chi connectivity index (χ4v) is 13.2. The lowest BCUT2D eigenvalue weighted by molar-refractivity contribution is -0.141. The Kier molecular flexibility index (Phi) is 12.1. The molecule has 3 aliphatic carbocycles. The monoisotopic (exact) mass is 928 g/mol. The van der Waals surface area contributed by atoms with Gasteiger partial charge in [-0.1, -0.05) is 67.3 Å². The van der Waals surface area contributed by atoms with Crippen LogP contribution in [-0.4, -0.2) is 61.3 Å². The number of fused-ring (bicyclic) bond motifs is 8. The number of phenols is 2. The Balaban J connectivity index is 1.13. The number of aromatic hydroxyl groups is 2. The number of phenolic OH excluding ortho intramolecular Hbond substituents is 2. The van der Waals surface area contributed by atoms with Crippen LogP contribution in [0.2, 0.25) is 0 Å². The number of para-hydroxylation sites is 1. The van der Waals surface area contributed by atoms with Crippen molar-refractivity contribution >= 4 is 17.7 Å². The molecule has 4 bridgehead atoms. The molecular formula is C58H64N4O7. The normalized spacial score (nSPS) is 26.0. The van der Waals surface area contributed by atoms with Crippen molar-refractivity contribution in [1.29, 1.82) is 0 Å². The number of rotatable bonds is 10. The van der Waals surface area contributed by atoms with Gasteiger partial charge in [0, 0.05) is 70.9 Å². The maximum Gasteiger partial charge on any atom is 0.302 e. The van der Waals surface area contributed by atoms with E-state index in [1.54, 1.807) is 19.2 Å². The molecule has 4 aromatic carbocycles. The minimum Gasteiger partial charge on any atom is -0.508 e. The van der Waals surface area contributed by atoms with E-state index in [0.717, 1.165) is 119 Å². The van der Waals surface area contributed by atoms with Crippen molar-refractivity contribution in [2.45, 2.75) is 120 Å². The number of nitrogens with one attached hydrogen (secondary N) is 3. The van der Waals surface area contributed by atoms with E-state index in [1.807, 2.05) is 12.1 Å². The third-order valence-electron chi connectivity index (χ3n) is 16.1. The van der Waals surface area contributed by atoms with E-state index >= 15 is 0 Å². The third-order valence-corrected chi connectivity index (χ3v) is 16.1. The highest BCUT2D eigenvalue weighted by atomic mass is 16.5. The lowest BCUT2D eigenvalue weighted by atomic mass is 9.64. The molecular weight excluding hydrogens is 865 g/mol. The number of methoxy groups -OCH3 is 1. The number of carbonyl (C=O) groups is 1. The quantitative estimate of drug-likeness (QED) is 0.0666. The van der Waals surface area contributed by atoms with Crippen molar-refractivity contribution in [2.24, 2.45) is 17.6 Å². The van der Waals surface area contributed by atoms with Gasteiger partial charge in [0.05, 0.1) is 30.9 Å². The topological polar surface area (TPSA) is 157 Å². The first kappa shape index (κ1) is 45.1. The van der Waals surface area contributed by atoms with Gasteiger partial charge in [-0.05, 0) is 128 Å². The molecule has 7 aliphatic rings. The number of benzene rings is 4. The van der Waals surface area contributed by atoms with E-state index in [0.29, 0.717) is 37.0 Å². The Bertz CT molecular complexity index is 2850. The number of esters is 1. The summed E-state index contributed by atoms with van der Waals surface area (Å²) in [5.74, 6) is 8.81. The lowest BCUT2D eigenvalue weighted by Crippen LogP contribution is -2.38. The first-order valence-corrected chi connectivity index (χ1v) is 25.2. The van der Waals surface area contributed by atoms with E-state index in [1.165, 1.54) is 25.3 Å². The lowest BCUT2D eigenvalue weighted by Gasteiger charge is -2.40. The number of dihydropyridines is 1. The summed E-state index contributed by atoms with van der Waals surface area (Å²) in [4.78, 5) is 12.8. The van der Waals surface area contributed by atoms with Crippen molar-refractivity contribution in [3.05, 3.63) is 123 Å². The van der Waals surface area contributed by atoms with Gasteiger partial charge in [0.15, 0.2) is 11.5 Å². The molecule has 0 saturated heterocycles. The predicted octanol–water partition coefficient (Wildman–Crippen LogP) is 9.39. The SMILES string of the molecule is CCNc1ccccc1CCC1C2=C(C#CCc3cc(O)c4c(c3C3Oc5c(ccc6c5C5(CCC1C5)Cc1cc(O)cc(OC)c1-6)C3COC(C)=O)C=CC(NC1CCCC1)CO4)NC(N)C=C2. The summed E-state index contributed by atoms with van der Waals surface area (Å²) in [7, 11) is 1.66. The van der Waals surface area contributed by atoms with Crippen LogP contribution in [0.15, 0.2) is 84.1 Å². The summed E-state index contributed by atoms with van der Waals surface area (Å²) in [6.45, 7) is 4.87. The summed E-state index contributed by atoms with van der Waals surface area (Å²) in [6.07, 6.45) is 17.6. The largest absolute Gasteiger partial charge is 0.508 e. The van der Waals surface area contributed by atoms with E-state index in [4.69, 9.17) is 24.7 Å². The molecule has 11 nitrogen and oxygen atoms in total. The van der Waals surface area contributed by atoms with Crippen molar-refractivity contribution < 1.29 is 34.0 Å². The molecule has 1 spiro atoms. The Morgan fingerprint density at radius 3 is 2.70 bits per heavy atom. The standard InChI is InChI=1S/C58H64N4O7/c1-4-60-47-14-8-5-10-34(47)16-18-41-36-24-25-58(29-36)30-37-26-40(64)28-50(66-3)52(37)44-21-20-43-46(32-67-33(2)63)56(69-57(43)54(44)58)53-35(11-9-15-48-42(41)22-23-51(59)62-48)27-49(65)55-45(53)19-17-39(31-68-55)61-38-12-6-7-13-38/h5,8,10,14,17,19-23,26-28,36,38-39,41,46,51,56,60-62,64-65H,4,6-7,11-13,16,18,24-25,29-32,59H2,1-3H3. The van der Waals surface area contributed by atoms with Crippen LogP contribution in [0.5, 0.6) is 28.7 Å². The number of aryl methyl sites for hydroxylation is 1. The fraction of sp³-hybridized carbons (Fsp3) is 0.431. The Labute approximate surface area is 405 Å². The Morgan fingerprint density at radius 2 is 1.87 bits per heavy atom. The number of carbonyl (C=O) groups excluding carboxylic acids is 1. The highest BCUT2D eigenvalue weighted by Gasteiger charge is 2.52. The van der Waals surface area contributed by atoms with Gasteiger partial charge in [0.1, 0.15) is 36.6 Å². The van der Waals surface area contributed by atoms with E-state index in [-0.39, 0.29) is 47.4 Å². The van der Waals surface area contributed by atoms with Crippen molar-refractivity contribution in [2.75, 3.05) is 32.2 Å². The van der Waals surface area contributed by atoms with Gasteiger partial charge in [-0.2, -0.15) is 0 Å². The minimum atomic E-state index is -0.629. The first-order valence-electron chi connectivity index (χ1n) is 25.2. The van der Waals surface area contributed by atoms with Crippen molar-refractivity contribution in [1.82, 2.24) is 10.6 Å². The third kappa shape index (κ3) is 8.29. The zero-order chi connectivity index (χ0) is 47.4. The van der Waals surface area contributed by atoms with Gasteiger partial charge in [-0.3, -0.25) is 4.79 Å². The molecule has 358 valence electrons. The number of nitrogens with two attached hydrogens (primary N) is 1. The Hall–Kier alpha value is -6.35. The van der Waals surface area contributed by atoms with Crippen LogP contribution in [0.1, 0.15) is 116 Å². The second kappa shape index (κ2) is 18.5. The molecule has 7 atom stereocenters. The summed E-state index contributed by atoms with van der Waals surface area (Å²) in [6, 6.07) is 18.7. The van der Waals surface area contributed by atoms with Crippen LogP contribution in [0, 0.1) is 23.7 Å². The van der Waals surface area contributed by atoms with Crippen LogP contribution in [-0.2, 0) is 34.2 Å². The van der Waals surface area contributed by atoms with Crippen LogP contribution >= 0.6 is 0 Å². The van der Waals surface area contributed by atoms with E-state index in [9.17, 15) is 15.0 Å². The second-order valence-electron chi connectivity index (χ2n) is 20.3. The molecule has 11 rings (SSSR count). The van der Waals surface area contributed by atoms with Crippen molar-refractivity contribution in [3.8, 4) is 51.7 Å². The molecule has 0 aromatic heterocycles. The number of hydrogen-bond donors (Lipinski definition) is 6. The molecule has 69 heavy (non-hydrogen) atoms. The van der Waals surface area contributed by atoms with Crippen LogP contribution in [0.3, 0.4) is 0 Å². The molecule has 4 heterocycles. The van der Waals surface area contributed by atoms with Crippen LogP contribution in [0.25, 0.3) is 17.2 Å². The van der Waals surface area contributed by atoms with Gasteiger partial charge in [-0.15, -0.1) is 0 Å². The highest BCUT2D eigenvalue weighted by Crippen LogP contribution is 2.64. The van der Waals surface area contributed by atoms with Crippen molar-refractivity contribution in [3.63, 3.8) is 0 Å². The summed E-state index contributed by atoms with van der Waals surface area (Å²) in [5, 5.41) is 34.1. The predicted molar refractivity (Wildman–Crippen MR) is 269 cm³/mol. The second-order valence-corrected chi connectivity index (χ2v) is 20.3. The average molecular weight is 929 g/mol. The van der Waals surface area contributed by atoms with Gasteiger partial charge < -0.3 is 50.8 Å². The number of hydrogen-bond acceptors (Lipinski definition) is 11. The summed E-state index contributed by atoms with van der Waals surface area (Å²) < 4.78 is 26.3. The van der Waals surface area contributed by atoms with Gasteiger partial charge >= 0.3 is 5.97 Å². The summed E-state index contributed by atoms with van der Waals surface area (Å²) in [5.41, 5.74) is 18.2. The van der Waals surface area contributed by atoms with Crippen LogP contribution in [0.4, 0.5) is 5.69 Å². The molecule has 2 fully saturated rings. The number of ether oxygens (including phenoxy) is 4. The zero-order valence-corrected chi connectivity index (χ0v) is 40.0. The molecule has 7 N–H and O–H groups in total. The fourth-order valence-electron chi connectivity index (χ4n) is 13.2. The number of allylic oxidation sites excluding steroid dienone is 3. The first-order chi connectivity index (χ1) is 33.6. The smallest absolute Gasteiger partial charge is 0.302 e. The van der Waals surface area contributed by atoms with Gasteiger partial charge in [0.25, 0.3) is 0 Å². The maximum atomic E-state index is 12.8. The van der Waals surface area contributed by atoms with E-state index < -0.39 is 18.2 Å². The molecule has 4 aliphatic heterocycles. The number of anilines is 1. The molecule has 7 unspecified atom stereocenters.